The Bertz CT molecular complexity index is 410. The van der Waals surface area contributed by atoms with E-state index >= 15 is 0 Å². The van der Waals surface area contributed by atoms with Crippen LogP contribution in [0.5, 0.6) is 0 Å². The highest BCUT2D eigenvalue weighted by atomic mass is 16.4. The van der Waals surface area contributed by atoms with Gasteiger partial charge in [-0.25, -0.2) is 4.79 Å². The average Bonchev–Trinajstić information content (AvgIpc) is 2.15. The first-order valence-electron chi connectivity index (χ1n) is 4.36. The van der Waals surface area contributed by atoms with Crippen LogP contribution in [0, 0.1) is 0 Å². The predicted molar refractivity (Wildman–Crippen MR) is 53.2 cm³/mol. The minimum atomic E-state index is -1.11. The molecule has 78 valence electrons. The first-order valence-corrected chi connectivity index (χ1v) is 4.36. The molecule has 0 aromatic rings. The molecule has 0 aromatic heterocycles. The summed E-state index contributed by atoms with van der Waals surface area (Å²) in [6.07, 6.45) is 5.19. The van der Waals surface area contributed by atoms with E-state index in [-0.39, 0.29) is 18.0 Å². The Hall–Kier alpha value is -1.97. The lowest BCUT2D eigenvalue weighted by molar-refractivity contribution is -0.131. The maximum atomic E-state index is 11.4. The Kier molecular flexibility index (Phi) is 3.33. The molecule has 1 rings (SSSR count). The molecule has 1 aliphatic carbocycles. The van der Waals surface area contributed by atoms with Gasteiger partial charge in [0, 0.05) is 23.6 Å². The molecule has 0 fully saturated rings. The van der Waals surface area contributed by atoms with Gasteiger partial charge < -0.3 is 5.11 Å². The Morgan fingerprint density at radius 1 is 1.40 bits per heavy atom. The molecule has 0 radical (unpaired) electrons. The Labute approximate surface area is 86.6 Å². The van der Waals surface area contributed by atoms with Crippen molar-refractivity contribution in [3.05, 3.63) is 35.5 Å². The third-order valence-electron chi connectivity index (χ3n) is 1.99. The summed E-state index contributed by atoms with van der Waals surface area (Å²) in [5.74, 6) is -1.48. The number of hydrogen-bond donors (Lipinski definition) is 1. The monoisotopic (exact) mass is 206 g/mol. The topological polar surface area (TPSA) is 71.4 Å². The van der Waals surface area contributed by atoms with Gasteiger partial charge in [-0.05, 0) is 13.0 Å². The van der Waals surface area contributed by atoms with E-state index in [2.05, 4.69) is 0 Å². The van der Waals surface area contributed by atoms with Crippen LogP contribution in [0.15, 0.2) is 35.5 Å². The lowest BCUT2D eigenvalue weighted by Gasteiger charge is -2.08. The Balaban J connectivity index is 2.89. The van der Waals surface area contributed by atoms with Gasteiger partial charge in [-0.3, -0.25) is 9.59 Å². The lowest BCUT2D eigenvalue weighted by atomic mass is 9.95. The van der Waals surface area contributed by atoms with Crippen molar-refractivity contribution in [1.29, 1.82) is 0 Å². The van der Waals surface area contributed by atoms with Crippen molar-refractivity contribution in [3.63, 3.8) is 0 Å². The molecule has 0 unspecified atom stereocenters. The third kappa shape index (κ3) is 3.02. The van der Waals surface area contributed by atoms with Crippen molar-refractivity contribution in [1.82, 2.24) is 0 Å². The van der Waals surface area contributed by atoms with Gasteiger partial charge in [-0.2, -0.15) is 0 Å². The maximum Gasteiger partial charge on any atom is 0.328 e. The number of Topliss-reactive ketones (excluding diaryl/α,β-unsaturated/α-hetero) is 2. The molecule has 0 atom stereocenters. The normalized spacial score (nSPS) is 16.2. The molecule has 0 saturated carbocycles. The van der Waals surface area contributed by atoms with Crippen molar-refractivity contribution in [2.45, 2.75) is 13.3 Å². The van der Waals surface area contributed by atoms with E-state index in [9.17, 15) is 14.4 Å². The van der Waals surface area contributed by atoms with Crippen LogP contribution in [-0.2, 0) is 14.4 Å². The van der Waals surface area contributed by atoms with Gasteiger partial charge in [0.25, 0.3) is 0 Å². The molecule has 4 nitrogen and oxygen atoms in total. The smallest absolute Gasteiger partial charge is 0.328 e. The van der Waals surface area contributed by atoms with E-state index in [1.54, 1.807) is 6.08 Å². The van der Waals surface area contributed by atoms with Crippen LogP contribution in [-0.4, -0.2) is 22.6 Å². The van der Waals surface area contributed by atoms with Gasteiger partial charge in [0.2, 0.25) is 0 Å². The summed E-state index contributed by atoms with van der Waals surface area (Å²) in [5, 5.41) is 8.38. The number of hydrogen-bond acceptors (Lipinski definition) is 3. The second-order valence-electron chi connectivity index (χ2n) is 3.14. The molecular formula is C11H10O4. The fraction of sp³-hybridized carbons (Fsp3) is 0.182. The number of carboxylic acid groups (broad SMARTS) is 1. The number of carbonyl (C=O) groups excluding carboxylic acids is 2. The molecule has 0 amide bonds. The van der Waals surface area contributed by atoms with E-state index in [4.69, 9.17) is 5.11 Å². The summed E-state index contributed by atoms with van der Waals surface area (Å²) >= 11 is 0. The molecule has 0 spiro atoms. The van der Waals surface area contributed by atoms with Crippen LogP contribution in [0.4, 0.5) is 0 Å². The summed E-state index contributed by atoms with van der Waals surface area (Å²) < 4.78 is 0. The molecule has 0 heterocycles. The first-order chi connectivity index (χ1) is 7.00. The van der Waals surface area contributed by atoms with Crippen LogP contribution in [0.3, 0.4) is 0 Å². The number of aliphatic carboxylic acids is 1. The molecule has 4 heteroatoms. The number of carbonyl (C=O) groups is 3. The fourth-order valence-electron chi connectivity index (χ4n) is 1.17. The second kappa shape index (κ2) is 4.50. The van der Waals surface area contributed by atoms with Crippen LogP contribution in [0.25, 0.3) is 0 Å². The molecule has 0 bridgehead atoms. The quantitative estimate of drug-likeness (QED) is 0.700. The van der Waals surface area contributed by atoms with Crippen molar-refractivity contribution in [2.75, 3.05) is 0 Å². The first kappa shape index (κ1) is 11.1. The summed E-state index contributed by atoms with van der Waals surface area (Å²) in [5.41, 5.74) is 0.759. The predicted octanol–water partition coefficient (Wildman–Crippen LogP) is 1.04. The van der Waals surface area contributed by atoms with Gasteiger partial charge in [-0.15, -0.1) is 0 Å². The molecule has 0 saturated heterocycles. The SMILES string of the molecule is CC(=O)C1=CC=C(C=CC(=O)O)C(=O)C1. The van der Waals surface area contributed by atoms with Crippen LogP contribution in [0.1, 0.15) is 13.3 Å². The second-order valence-corrected chi connectivity index (χ2v) is 3.14. The largest absolute Gasteiger partial charge is 0.478 e. The Morgan fingerprint density at radius 3 is 2.53 bits per heavy atom. The van der Waals surface area contributed by atoms with Crippen molar-refractivity contribution in [2.24, 2.45) is 0 Å². The molecule has 15 heavy (non-hydrogen) atoms. The van der Waals surface area contributed by atoms with E-state index in [1.807, 2.05) is 0 Å². The van der Waals surface area contributed by atoms with E-state index in [1.165, 1.54) is 19.1 Å². The number of carboxylic acids is 1. The minimum absolute atomic E-state index is 0.0468. The Morgan fingerprint density at radius 2 is 2.07 bits per heavy atom. The maximum absolute atomic E-state index is 11.4. The van der Waals surface area contributed by atoms with Gasteiger partial charge in [0.15, 0.2) is 11.6 Å². The van der Waals surface area contributed by atoms with Gasteiger partial charge in [0.1, 0.15) is 0 Å². The van der Waals surface area contributed by atoms with Crippen molar-refractivity contribution < 1.29 is 19.5 Å². The molecule has 0 aromatic carbocycles. The third-order valence-corrected chi connectivity index (χ3v) is 1.99. The van der Waals surface area contributed by atoms with Crippen LogP contribution < -0.4 is 0 Å². The molecule has 0 aliphatic heterocycles. The lowest BCUT2D eigenvalue weighted by Crippen LogP contribution is -2.10. The standard InChI is InChI=1S/C11H10O4/c1-7(12)9-3-2-8(10(13)6-9)4-5-11(14)15/h2-5H,6H2,1H3,(H,14,15). The average molecular weight is 206 g/mol. The number of ketones is 2. The van der Waals surface area contributed by atoms with Gasteiger partial charge >= 0.3 is 5.97 Å². The zero-order valence-electron chi connectivity index (χ0n) is 8.19. The summed E-state index contributed by atoms with van der Waals surface area (Å²) in [6, 6.07) is 0. The summed E-state index contributed by atoms with van der Waals surface area (Å²) in [4.78, 5) is 32.6. The van der Waals surface area contributed by atoms with E-state index in [0.29, 0.717) is 11.1 Å². The zero-order chi connectivity index (χ0) is 11.4. The van der Waals surface area contributed by atoms with Crippen LogP contribution in [0.2, 0.25) is 0 Å². The molecule has 1 N–H and O–H groups in total. The zero-order valence-corrected chi connectivity index (χ0v) is 8.19. The molecular weight excluding hydrogens is 196 g/mol. The van der Waals surface area contributed by atoms with Crippen molar-refractivity contribution >= 4 is 17.5 Å². The highest BCUT2D eigenvalue weighted by molar-refractivity contribution is 6.08. The summed E-state index contributed by atoms with van der Waals surface area (Å²) in [7, 11) is 0. The van der Waals surface area contributed by atoms with Crippen molar-refractivity contribution in [3.8, 4) is 0 Å². The number of allylic oxidation sites excluding steroid dienone is 5. The van der Waals surface area contributed by atoms with Gasteiger partial charge in [-0.1, -0.05) is 12.2 Å². The number of rotatable bonds is 3. The summed E-state index contributed by atoms with van der Waals surface area (Å²) in [6.45, 7) is 1.39. The van der Waals surface area contributed by atoms with Gasteiger partial charge in [0.05, 0.1) is 0 Å². The van der Waals surface area contributed by atoms with E-state index in [0.717, 1.165) is 6.08 Å². The van der Waals surface area contributed by atoms with Crippen LogP contribution >= 0.6 is 0 Å². The minimum Gasteiger partial charge on any atom is -0.478 e. The molecule has 1 aliphatic rings. The highest BCUT2D eigenvalue weighted by Gasteiger charge is 2.16. The highest BCUT2D eigenvalue weighted by Crippen LogP contribution is 2.16. The fourth-order valence-corrected chi connectivity index (χ4v) is 1.17. The van der Waals surface area contributed by atoms with E-state index < -0.39 is 5.97 Å².